The molecule has 1 N–H and O–H groups in total. The molecule has 100 valence electrons. The summed E-state index contributed by atoms with van der Waals surface area (Å²) in [6.45, 7) is 0.994. The van der Waals surface area contributed by atoms with Gasteiger partial charge < -0.3 is 5.32 Å². The molecule has 0 heterocycles. The molecule has 5 nitrogen and oxygen atoms in total. The van der Waals surface area contributed by atoms with E-state index in [-0.39, 0.29) is 5.69 Å². The Hall–Kier alpha value is -0.980. The Morgan fingerprint density at radius 2 is 2.22 bits per heavy atom. The Morgan fingerprint density at radius 1 is 1.50 bits per heavy atom. The monoisotopic (exact) mass is 290 g/mol. The van der Waals surface area contributed by atoms with Crippen LogP contribution in [0.3, 0.4) is 0 Å². The summed E-state index contributed by atoms with van der Waals surface area (Å²) >= 11 is 5.94. The number of rotatable bonds is 7. The molecule has 0 aliphatic carbocycles. The Kier molecular flexibility index (Phi) is 6.24. The summed E-state index contributed by atoms with van der Waals surface area (Å²) in [5, 5.41) is 14.3. The van der Waals surface area contributed by atoms with Crippen molar-refractivity contribution in [3.63, 3.8) is 0 Å². The zero-order chi connectivity index (χ0) is 13.5. The topological polar surface area (TPSA) is 72.2 Å². The summed E-state index contributed by atoms with van der Waals surface area (Å²) in [5.74, 6) is 0.623. The zero-order valence-corrected chi connectivity index (χ0v) is 11.6. The Labute approximate surface area is 113 Å². The third kappa shape index (κ3) is 4.72. The second kappa shape index (κ2) is 7.45. The lowest BCUT2D eigenvalue weighted by Gasteiger charge is -2.07. The number of nitrogens with zero attached hydrogens (tertiary/aromatic N) is 1. The second-order valence-electron chi connectivity index (χ2n) is 3.80. The van der Waals surface area contributed by atoms with Crippen LogP contribution in [-0.2, 0) is 17.3 Å². The average Bonchev–Trinajstić information content (AvgIpc) is 2.29. The summed E-state index contributed by atoms with van der Waals surface area (Å²) in [7, 11) is -0.804. The Morgan fingerprint density at radius 3 is 2.83 bits per heavy atom. The van der Waals surface area contributed by atoms with E-state index in [1.807, 2.05) is 0 Å². The number of nitrogens with one attached hydrogen (secondary N) is 1. The maximum atomic E-state index is 10.8. The van der Waals surface area contributed by atoms with E-state index in [1.54, 1.807) is 18.4 Å². The van der Waals surface area contributed by atoms with Gasteiger partial charge in [-0.2, -0.15) is 0 Å². The van der Waals surface area contributed by atoms with Crippen molar-refractivity contribution >= 4 is 28.1 Å². The maximum absolute atomic E-state index is 10.8. The van der Waals surface area contributed by atoms with Gasteiger partial charge in [0.1, 0.15) is 0 Å². The predicted molar refractivity (Wildman–Crippen MR) is 73.4 cm³/mol. The molecule has 0 bridgehead atoms. The van der Waals surface area contributed by atoms with Crippen LogP contribution < -0.4 is 5.32 Å². The first-order valence-electron chi connectivity index (χ1n) is 5.45. The van der Waals surface area contributed by atoms with E-state index in [0.717, 1.165) is 6.42 Å². The van der Waals surface area contributed by atoms with E-state index < -0.39 is 15.7 Å². The first kappa shape index (κ1) is 15.1. The van der Waals surface area contributed by atoms with Gasteiger partial charge in [0, 0.05) is 35.4 Å². The number of nitro groups is 1. The highest BCUT2D eigenvalue weighted by molar-refractivity contribution is 7.84. The van der Waals surface area contributed by atoms with E-state index in [2.05, 4.69) is 5.32 Å². The third-order valence-electron chi connectivity index (χ3n) is 2.38. The molecule has 0 radical (unpaired) electrons. The van der Waals surface area contributed by atoms with Gasteiger partial charge in [0.25, 0.3) is 5.69 Å². The number of hydrogen-bond acceptors (Lipinski definition) is 4. The van der Waals surface area contributed by atoms with E-state index >= 15 is 0 Å². The highest BCUT2D eigenvalue weighted by atomic mass is 35.5. The van der Waals surface area contributed by atoms with Gasteiger partial charge in [-0.15, -0.1) is 0 Å². The van der Waals surface area contributed by atoms with Crippen LogP contribution >= 0.6 is 11.6 Å². The molecule has 0 aliphatic heterocycles. The van der Waals surface area contributed by atoms with Crippen LogP contribution in [0.1, 0.15) is 12.0 Å². The summed E-state index contributed by atoms with van der Waals surface area (Å²) in [4.78, 5) is 10.4. The van der Waals surface area contributed by atoms with Crippen molar-refractivity contribution in [1.82, 2.24) is 5.32 Å². The molecule has 0 fully saturated rings. The molecular formula is C11H15ClN2O3S. The predicted octanol–water partition coefficient (Wildman–Crippen LogP) is 2.11. The lowest BCUT2D eigenvalue weighted by molar-refractivity contribution is -0.385. The van der Waals surface area contributed by atoms with Gasteiger partial charge in [0.15, 0.2) is 0 Å². The third-order valence-corrected chi connectivity index (χ3v) is 3.60. The summed E-state index contributed by atoms with van der Waals surface area (Å²) in [6.07, 6.45) is 2.42. The van der Waals surface area contributed by atoms with Crippen molar-refractivity contribution in [3.8, 4) is 0 Å². The fourth-order valence-electron chi connectivity index (χ4n) is 1.51. The molecule has 1 atom stereocenters. The van der Waals surface area contributed by atoms with Crippen molar-refractivity contribution in [2.45, 2.75) is 13.0 Å². The summed E-state index contributed by atoms with van der Waals surface area (Å²) in [6, 6.07) is 4.63. The normalized spacial score (nSPS) is 12.3. The molecule has 0 saturated carbocycles. The molecule has 1 rings (SSSR count). The average molecular weight is 291 g/mol. The zero-order valence-electron chi connectivity index (χ0n) is 10.0. The van der Waals surface area contributed by atoms with Crippen molar-refractivity contribution in [1.29, 1.82) is 0 Å². The van der Waals surface area contributed by atoms with Crippen LogP contribution in [0, 0.1) is 10.1 Å². The standard InChI is InChI=1S/C11H15ClN2O3S/c1-18(17)7-3-6-13-8-9-10(12)4-2-5-11(9)14(15)16/h2,4-5,13H,3,6-8H2,1H3. The fourth-order valence-corrected chi connectivity index (χ4v) is 2.29. The Balaban J connectivity index is 2.56. The van der Waals surface area contributed by atoms with Gasteiger partial charge in [-0.25, -0.2) is 0 Å². The fraction of sp³-hybridized carbons (Fsp3) is 0.455. The van der Waals surface area contributed by atoms with Crippen molar-refractivity contribution in [3.05, 3.63) is 38.9 Å². The number of benzene rings is 1. The number of hydrogen-bond donors (Lipinski definition) is 1. The Bertz CT molecular complexity index is 454. The summed E-state index contributed by atoms with van der Waals surface area (Å²) in [5.41, 5.74) is 0.510. The first-order valence-corrected chi connectivity index (χ1v) is 7.55. The van der Waals surface area contributed by atoms with E-state index in [9.17, 15) is 14.3 Å². The van der Waals surface area contributed by atoms with Gasteiger partial charge in [0.05, 0.1) is 15.5 Å². The van der Waals surface area contributed by atoms with E-state index in [4.69, 9.17) is 11.6 Å². The van der Waals surface area contributed by atoms with Gasteiger partial charge in [-0.3, -0.25) is 14.3 Å². The minimum absolute atomic E-state index is 0.0223. The molecule has 0 spiro atoms. The van der Waals surface area contributed by atoms with Crippen LogP contribution in [0.15, 0.2) is 18.2 Å². The molecule has 18 heavy (non-hydrogen) atoms. The van der Waals surface area contributed by atoms with E-state index in [1.165, 1.54) is 6.07 Å². The van der Waals surface area contributed by atoms with Crippen LogP contribution in [-0.4, -0.2) is 27.7 Å². The van der Waals surface area contributed by atoms with Crippen LogP contribution in [0.4, 0.5) is 5.69 Å². The molecule has 1 aromatic carbocycles. The van der Waals surface area contributed by atoms with Crippen LogP contribution in [0.2, 0.25) is 5.02 Å². The van der Waals surface area contributed by atoms with Crippen LogP contribution in [0.5, 0.6) is 0 Å². The molecule has 7 heteroatoms. The van der Waals surface area contributed by atoms with Gasteiger partial charge in [-0.05, 0) is 19.0 Å². The lowest BCUT2D eigenvalue weighted by atomic mass is 10.2. The number of halogens is 1. The molecule has 1 unspecified atom stereocenters. The maximum Gasteiger partial charge on any atom is 0.275 e. The first-order chi connectivity index (χ1) is 8.52. The minimum Gasteiger partial charge on any atom is -0.312 e. The molecule has 0 aliphatic rings. The molecule has 0 amide bonds. The molecular weight excluding hydrogens is 276 g/mol. The smallest absolute Gasteiger partial charge is 0.275 e. The number of nitro benzene ring substituents is 1. The molecule has 1 aromatic rings. The van der Waals surface area contributed by atoms with Gasteiger partial charge in [0.2, 0.25) is 0 Å². The van der Waals surface area contributed by atoms with E-state index in [0.29, 0.717) is 29.4 Å². The largest absolute Gasteiger partial charge is 0.312 e. The minimum atomic E-state index is -0.804. The molecule has 0 saturated heterocycles. The van der Waals surface area contributed by atoms with Gasteiger partial charge >= 0.3 is 0 Å². The summed E-state index contributed by atoms with van der Waals surface area (Å²) < 4.78 is 10.8. The van der Waals surface area contributed by atoms with Crippen molar-refractivity contribution < 1.29 is 9.13 Å². The van der Waals surface area contributed by atoms with Crippen LogP contribution in [0.25, 0.3) is 0 Å². The highest BCUT2D eigenvalue weighted by Gasteiger charge is 2.15. The van der Waals surface area contributed by atoms with Crippen molar-refractivity contribution in [2.24, 2.45) is 0 Å². The lowest BCUT2D eigenvalue weighted by Crippen LogP contribution is -2.17. The van der Waals surface area contributed by atoms with Gasteiger partial charge in [-0.1, -0.05) is 17.7 Å². The molecule has 0 aromatic heterocycles. The highest BCUT2D eigenvalue weighted by Crippen LogP contribution is 2.25. The van der Waals surface area contributed by atoms with Crippen molar-refractivity contribution in [2.75, 3.05) is 18.6 Å². The second-order valence-corrected chi connectivity index (χ2v) is 5.76. The quantitative estimate of drug-likeness (QED) is 0.474. The SMILES string of the molecule is CS(=O)CCCNCc1c(Cl)cccc1[N+](=O)[O-].